The molecule has 0 fully saturated rings. The first-order valence-electron chi connectivity index (χ1n) is 5.86. The second kappa shape index (κ2) is 4.33. The number of aliphatic hydroxyl groups is 1. The topological polar surface area (TPSA) is 101 Å². The molecule has 2 heterocycles. The van der Waals surface area contributed by atoms with Gasteiger partial charge in [0.25, 0.3) is 0 Å². The number of aromatic nitrogens is 4. The number of nitrogens with zero attached hydrogens (tertiary/aromatic N) is 3. The van der Waals surface area contributed by atoms with Crippen LogP contribution in [0.5, 0.6) is 0 Å². The maximum Gasteiger partial charge on any atom is 0.147 e. The van der Waals surface area contributed by atoms with Gasteiger partial charge in [-0.25, -0.2) is 9.97 Å². The van der Waals surface area contributed by atoms with Crippen molar-refractivity contribution in [2.24, 2.45) is 0 Å². The van der Waals surface area contributed by atoms with E-state index in [1.165, 1.54) is 0 Å². The number of aliphatic hydroxyl groups excluding tert-OH is 1. The van der Waals surface area contributed by atoms with Gasteiger partial charge in [-0.1, -0.05) is 12.1 Å². The highest BCUT2D eigenvalue weighted by Gasteiger charge is 2.11. The van der Waals surface area contributed by atoms with Gasteiger partial charge in [-0.15, -0.1) is 0 Å². The molecule has 0 atom stereocenters. The number of rotatable bonds is 2. The van der Waals surface area contributed by atoms with Crippen molar-refractivity contribution in [2.75, 3.05) is 5.73 Å². The van der Waals surface area contributed by atoms with Gasteiger partial charge in [0.2, 0.25) is 0 Å². The number of nitrogens with two attached hydrogens (primary N) is 1. The van der Waals surface area contributed by atoms with E-state index in [4.69, 9.17) is 5.73 Å². The number of anilines is 1. The summed E-state index contributed by atoms with van der Waals surface area (Å²) in [5.74, 6) is 0.270. The smallest absolute Gasteiger partial charge is 0.147 e. The lowest BCUT2D eigenvalue weighted by atomic mass is 10.1. The molecule has 0 aliphatic rings. The van der Waals surface area contributed by atoms with Crippen molar-refractivity contribution in [1.29, 1.82) is 0 Å². The summed E-state index contributed by atoms with van der Waals surface area (Å²) in [6.07, 6.45) is 1.76. The van der Waals surface area contributed by atoms with Crippen LogP contribution < -0.4 is 5.73 Å². The Kier molecular flexibility index (Phi) is 2.64. The van der Waals surface area contributed by atoms with Crippen molar-refractivity contribution in [3.63, 3.8) is 0 Å². The average Bonchev–Trinajstić information content (AvgIpc) is 2.86. The van der Waals surface area contributed by atoms with Crippen molar-refractivity contribution < 1.29 is 5.11 Å². The lowest BCUT2D eigenvalue weighted by molar-refractivity contribution is 0.277. The van der Waals surface area contributed by atoms with Gasteiger partial charge in [-0.05, 0) is 13.0 Å². The Morgan fingerprint density at radius 2 is 2.16 bits per heavy atom. The van der Waals surface area contributed by atoms with Gasteiger partial charge >= 0.3 is 0 Å². The molecule has 6 nitrogen and oxygen atoms in total. The number of aromatic amines is 1. The number of nitrogen functional groups attached to an aromatic ring is 1. The van der Waals surface area contributed by atoms with Gasteiger partial charge in [0.15, 0.2) is 0 Å². The molecule has 0 aliphatic heterocycles. The van der Waals surface area contributed by atoms with Crippen LogP contribution in [0.1, 0.15) is 11.4 Å². The Hall–Kier alpha value is -2.47. The van der Waals surface area contributed by atoms with E-state index in [2.05, 4.69) is 20.2 Å². The zero-order valence-corrected chi connectivity index (χ0v) is 10.4. The summed E-state index contributed by atoms with van der Waals surface area (Å²) < 4.78 is 0. The third kappa shape index (κ3) is 1.92. The molecular formula is C13H13N5O. The fourth-order valence-electron chi connectivity index (χ4n) is 2.05. The van der Waals surface area contributed by atoms with E-state index in [-0.39, 0.29) is 12.4 Å². The van der Waals surface area contributed by atoms with Crippen LogP contribution in [0.3, 0.4) is 0 Å². The van der Waals surface area contributed by atoms with Crippen molar-refractivity contribution in [3.05, 3.63) is 35.8 Å². The summed E-state index contributed by atoms with van der Waals surface area (Å²) in [7, 11) is 0. The van der Waals surface area contributed by atoms with E-state index in [9.17, 15) is 5.11 Å². The standard InChI is InChI=1S/C13H13N5O/c1-7-12(17-11(6-19)13(14)16-7)8-2-3-9-5-15-18-10(9)4-8/h2-5,19H,6H2,1H3,(H2,14,16)(H,15,18). The minimum Gasteiger partial charge on any atom is -0.390 e. The molecule has 0 amide bonds. The maximum absolute atomic E-state index is 9.22. The summed E-state index contributed by atoms with van der Waals surface area (Å²) in [6.45, 7) is 1.62. The van der Waals surface area contributed by atoms with E-state index in [1.54, 1.807) is 6.20 Å². The Balaban J connectivity index is 2.19. The van der Waals surface area contributed by atoms with Crippen LogP contribution in [-0.4, -0.2) is 25.3 Å². The molecule has 0 aliphatic carbocycles. The quantitative estimate of drug-likeness (QED) is 0.642. The van der Waals surface area contributed by atoms with Gasteiger partial charge in [0.1, 0.15) is 11.5 Å². The number of H-pyrrole nitrogens is 1. The predicted molar refractivity (Wildman–Crippen MR) is 72.2 cm³/mol. The van der Waals surface area contributed by atoms with E-state index in [0.29, 0.717) is 5.69 Å². The third-order valence-corrected chi connectivity index (χ3v) is 3.04. The lowest BCUT2D eigenvalue weighted by Gasteiger charge is -2.08. The molecule has 96 valence electrons. The van der Waals surface area contributed by atoms with Crippen molar-refractivity contribution in [3.8, 4) is 11.3 Å². The molecule has 2 aromatic heterocycles. The highest BCUT2D eigenvalue weighted by Crippen LogP contribution is 2.25. The largest absolute Gasteiger partial charge is 0.390 e. The second-order valence-electron chi connectivity index (χ2n) is 4.32. The molecular weight excluding hydrogens is 242 g/mol. The van der Waals surface area contributed by atoms with Crippen LogP contribution in [0.15, 0.2) is 24.4 Å². The summed E-state index contributed by atoms with van der Waals surface area (Å²) in [4.78, 5) is 8.60. The van der Waals surface area contributed by atoms with Crippen molar-refractivity contribution in [2.45, 2.75) is 13.5 Å². The van der Waals surface area contributed by atoms with Crippen molar-refractivity contribution in [1.82, 2.24) is 20.2 Å². The zero-order chi connectivity index (χ0) is 13.4. The molecule has 6 heteroatoms. The minimum atomic E-state index is -0.224. The average molecular weight is 255 g/mol. The Morgan fingerprint density at radius 1 is 1.32 bits per heavy atom. The zero-order valence-electron chi connectivity index (χ0n) is 10.4. The van der Waals surface area contributed by atoms with E-state index < -0.39 is 0 Å². The molecule has 0 saturated heterocycles. The maximum atomic E-state index is 9.22. The third-order valence-electron chi connectivity index (χ3n) is 3.04. The number of benzene rings is 1. The van der Waals surface area contributed by atoms with Gasteiger partial charge in [-0.2, -0.15) is 5.10 Å². The lowest BCUT2D eigenvalue weighted by Crippen LogP contribution is -2.05. The predicted octanol–water partition coefficient (Wildman–Crippen LogP) is 1.40. The number of fused-ring (bicyclic) bond motifs is 1. The van der Waals surface area contributed by atoms with Gasteiger partial charge in [-0.3, -0.25) is 5.10 Å². The van der Waals surface area contributed by atoms with Crippen LogP contribution in [0.25, 0.3) is 22.2 Å². The fourth-order valence-corrected chi connectivity index (χ4v) is 2.05. The highest BCUT2D eigenvalue weighted by molar-refractivity contribution is 5.83. The SMILES string of the molecule is Cc1nc(N)c(CO)nc1-c1ccc2cn[nH]c2c1. The fraction of sp³-hybridized carbons (Fsp3) is 0.154. The number of hydrogen-bond donors (Lipinski definition) is 3. The molecule has 3 rings (SSSR count). The van der Waals surface area contributed by atoms with Gasteiger partial charge in [0, 0.05) is 10.9 Å². The van der Waals surface area contributed by atoms with Gasteiger partial charge in [0.05, 0.1) is 29.7 Å². The molecule has 1 aromatic carbocycles. The van der Waals surface area contributed by atoms with Crippen LogP contribution in [0.4, 0.5) is 5.82 Å². The first kappa shape index (κ1) is 11.6. The summed E-state index contributed by atoms with van der Waals surface area (Å²) in [6, 6.07) is 5.87. The number of hydrogen-bond acceptors (Lipinski definition) is 5. The number of nitrogens with one attached hydrogen (secondary N) is 1. The Morgan fingerprint density at radius 3 is 2.95 bits per heavy atom. The Bertz CT molecular complexity index is 750. The first-order chi connectivity index (χ1) is 9.19. The molecule has 0 radical (unpaired) electrons. The van der Waals surface area contributed by atoms with E-state index in [1.807, 2.05) is 25.1 Å². The minimum absolute atomic E-state index is 0.224. The molecule has 3 aromatic rings. The van der Waals surface area contributed by atoms with Crippen LogP contribution >= 0.6 is 0 Å². The van der Waals surface area contributed by atoms with Crippen LogP contribution in [0, 0.1) is 6.92 Å². The van der Waals surface area contributed by atoms with E-state index >= 15 is 0 Å². The normalized spacial score (nSPS) is 11.1. The highest BCUT2D eigenvalue weighted by atomic mass is 16.3. The van der Waals surface area contributed by atoms with Crippen LogP contribution in [0.2, 0.25) is 0 Å². The first-order valence-corrected chi connectivity index (χ1v) is 5.86. The number of aryl methyl sites for hydroxylation is 1. The molecule has 0 unspecified atom stereocenters. The molecule has 4 N–H and O–H groups in total. The summed E-state index contributed by atoms with van der Waals surface area (Å²) >= 11 is 0. The summed E-state index contributed by atoms with van der Waals surface area (Å²) in [5.41, 5.74) is 9.39. The monoisotopic (exact) mass is 255 g/mol. The molecule has 0 bridgehead atoms. The van der Waals surface area contributed by atoms with Crippen molar-refractivity contribution >= 4 is 16.7 Å². The molecule has 19 heavy (non-hydrogen) atoms. The second-order valence-corrected chi connectivity index (χ2v) is 4.32. The summed E-state index contributed by atoms with van der Waals surface area (Å²) in [5, 5.41) is 17.2. The molecule has 0 saturated carbocycles. The van der Waals surface area contributed by atoms with Crippen LogP contribution in [-0.2, 0) is 6.61 Å². The Labute approximate surface area is 109 Å². The van der Waals surface area contributed by atoms with E-state index in [0.717, 1.165) is 27.9 Å². The molecule has 0 spiro atoms. The van der Waals surface area contributed by atoms with Gasteiger partial charge < -0.3 is 10.8 Å².